The summed E-state index contributed by atoms with van der Waals surface area (Å²) in [7, 11) is 0. The van der Waals surface area contributed by atoms with Gasteiger partial charge in [0.05, 0.1) is 0 Å². The summed E-state index contributed by atoms with van der Waals surface area (Å²) in [5.41, 5.74) is 0.920. The Hall–Kier alpha value is -2.81. The van der Waals surface area contributed by atoms with Crippen LogP contribution < -0.4 is 10.2 Å². The molecule has 146 valence electrons. The number of aryl methyl sites for hydroxylation is 1. The molecule has 0 bridgehead atoms. The lowest BCUT2D eigenvalue weighted by Crippen LogP contribution is -2.21. The van der Waals surface area contributed by atoms with Crippen LogP contribution in [-0.4, -0.2) is 29.1 Å². The summed E-state index contributed by atoms with van der Waals surface area (Å²) in [5.74, 6) is -0.927. The maximum atomic E-state index is 14.3. The molecule has 6 nitrogen and oxygen atoms in total. The number of carbonyl (C=O) groups is 1. The third-order valence-corrected chi connectivity index (χ3v) is 5.22. The van der Waals surface area contributed by atoms with Gasteiger partial charge in [0.25, 0.3) is 0 Å². The summed E-state index contributed by atoms with van der Waals surface area (Å²) in [6.45, 7) is 1.27. The third-order valence-electron chi connectivity index (χ3n) is 4.54. The second-order valence-corrected chi connectivity index (χ2v) is 7.33. The van der Waals surface area contributed by atoms with Crippen LogP contribution in [-0.2, 0) is 11.2 Å². The number of amides is 1. The molecule has 0 unspecified atom stereocenters. The fourth-order valence-corrected chi connectivity index (χ4v) is 3.82. The van der Waals surface area contributed by atoms with Gasteiger partial charge >= 0.3 is 0 Å². The van der Waals surface area contributed by atoms with Crippen LogP contribution >= 0.6 is 11.3 Å². The molecule has 3 aromatic rings. The van der Waals surface area contributed by atoms with E-state index < -0.39 is 11.6 Å². The topological polar surface area (TPSA) is 71.3 Å². The summed E-state index contributed by atoms with van der Waals surface area (Å²) in [4.78, 5) is 18.1. The van der Waals surface area contributed by atoms with Crippen molar-refractivity contribution in [3.8, 4) is 11.4 Å². The first-order chi connectivity index (χ1) is 13.6. The molecule has 1 saturated heterocycles. The van der Waals surface area contributed by atoms with Crippen molar-refractivity contribution < 1.29 is 18.1 Å². The molecule has 9 heteroatoms. The maximum absolute atomic E-state index is 14.3. The number of rotatable bonds is 6. The van der Waals surface area contributed by atoms with Gasteiger partial charge in [0.15, 0.2) is 11.6 Å². The molecule has 1 aromatic carbocycles. The number of hydrogen-bond donors (Lipinski definition) is 1. The molecule has 2 aromatic heterocycles. The molecule has 1 amide bonds. The monoisotopic (exact) mass is 404 g/mol. The van der Waals surface area contributed by atoms with E-state index in [4.69, 9.17) is 4.52 Å². The molecule has 4 rings (SSSR count). The number of nitrogens with one attached hydrogen (secondary N) is 1. The van der Waals surface area contributed by atoms with Gasteiger partial charge in [-0.1, -0.05) is 5.16 Å². The van der Waals surface area contributed by atoms with Crippen LogP contribution in [0.5, 0.6) is 0 Å². The first-order valence-electron chi connectivity index (χ1n) is 8.99. The Morgan fingerprint density at radius 1 is 1.25 bits per heavy atom. The Labute approximate surface area is 164 Å². The van der Waals surface area contributed by atoms with Gasteiger partial charge in [-0.3, -0.25) is 4.79 Å². The zero-order valence-electron chi connectivity index (χ0n) is 15.0. The van der Waals surface area contributed by atoms with Crippen molar-refractivity contribution in [2.75, 3.05) is 23.3 Å². The Morgan fingerprint density at radius 2 is 2.00 bits per heavy atom. The van der Waals surface area contributed by atoms with Gasteiger partial charge in [-0.15, -0.1) is 0 Å². The zero-order valence-corrected chi connectivity index (χ0v) is 15.8. The van der Waals surface area contributed by atoms with E-state index in [0.29, 0.717) is 24.8 Å². The highest BCUT2D eigenvalue weighted by Crippen LogP contribution is 2.29. The third kappa shape index (κ3) is 4.04. The van der Waals surface area contributed by atoms with E-state index in [1.54, 1.807) is 4.90 Å². The van der Waals surface area contributed by atoms with Gasteiger partial charge in [0.1, 0.15) is 5.69 Å². The van der Waals surface area contributed by atoms with E-state index in [0.717, 1.165) is 30.5 Å². The standard InChI is InChI=1S/C19H18F2N4O2S/c20-14-9-13(10-15(21)18(14)25-6-1-2-7-25)22-16(26)3-4-17-23-19(24-27-17)12-5-8-28-11-12/h5,8-11H,1-4,6-7H2,(H,22,26). The molecule has 1 fully saturated rings. The molecule has 28 heavy (non-hydrogen) atoms. The molecule has 3 heterocycles. The molecule has 1 aliphatic heterocycles. The van der Waals surface area contributed by atoms with Crippen molar-refractivity contribution in [2.45, 2.75) is 25.7 Å². The van der Waals surface area contributed by atoms with E-state index in [1.165, 1.54) is 11.3 Å². The largest absolute Gasteiger partial charge is 0.367 e. The normalized spacial score (nSPS) is 13.9. The summed E-state index contributed by atoms with van der Waals surface area (Å²) < 4.78 is 33.8. The zero-order chi connectivity index (χ0) is 19.5. The number of aromatic nitrogens is 2. The summed E-state index contributed by atoms with van der Waals surface area (Å²) in [5, 5.41) is 10.2. The second-order valence-electron chi connectivity index (χ2n) is 6.55. The smallest absolute Gasteiger partial charge is 0.227 e. The summed E-state index contributed by atoms with van der Waals surface area (Å²) >= 11 is 1.52. The molecule has 0 aliphatic carbocycles. The highest BCUT2D eigenvalue weighted by atomic mass is 32.1. The van der Waals surface area contributed by atoms with E-state index in [-0.39, 0.29) is 30.1 Å². The van der Waals surface area contributed by atoms with Crippen LogP contribution in [0.25, 0.3) is 11.4 Å². The minimum absolute atomic E-state index is 0.0256. The molecule has 0 atom stereocenters. The summed E-state index contributed by atoms with van der Waals surface area (Å²) in [6, 6.07) is 4.17. The van der Waals surface area contributed by atoms with E-state index in [1.807, 2.05) is 16.8 Å². The van der Waals surface area contributed by atoms with E-state index in [2.05, 4.69) is 15.5 Å². The quantitative estimate of drug-likeness (QED) is 0.665. The van der Waals surface area contributed by atoms with Crippen LogP contribution in [0.4, 0.5) is 20.2 Å². The fraction of sp³-hybridized carbons (Fsp3) is 0.316. The number of anilines is 2. The van der Waals surface area contributed by atoms with Crippen molar-refractivity contribution in [1.82, 2.24) is 10.1 Å². The average molecular weight is 404 g/mol. The van der Waals surface area contributed by atoms with E-state index in [9.17, 15) is 13.6 Å². The highest BCUT2D eigenvalue weighted by molar-refractivity contribution is 7.08. The van der Waals surface area contributed by atoms with Crippen molar-refractivity contribution in [3.05, 3.63) is 46.5 Å². The van der Waals surface area contributed by atoms with Crippen molar-refractivity contribution in [1.29, 1.82) is 0 Å². The van der Waals surface area contributed by atoms with Gasteiger partial charge in [0, 0.05) is 42.6 Å². The summed E-state index contributed by atoms with van der Waals surface area (Å²) in [6.07, 6.45) is 2.13. The Balaban J connectivity index is 1.36. The SMILES string of the molecule is O=C(CCc1nc(-c2ccsc2)no1)Nc1cc(F)c(N2CCCC2)c(F)c1. The number of hydrogen-bond acceptors (Lipinski definition) is 6. The first kappa shape index (κ1) is 18.5. The predicted octanol–water partition coefficient (Wildman–Crippen LogP) is 4.25. The van der Waals surface area contributed by atoms with Gasteiger partial charge < -0.3 is 14.7 Å². The Kier molecular flexibility index (Phi) is 5.34. The average Bonchev–Trinajstić information content (AvgIpc) is 3.40. The number of halogens is 2. The van der Waals surface area contributed by atoms with Crippen LogP contribution in [0, 0.1) is 11.6 Å². The first-order valence-corrected chi connectivity index (χ1v) is 9.93. The number of benzene rings is 1. The molecule has 1 N–H and O–H groups in total. The lowest BCUT2D eigenvalue weighted by Gasteiger charge is -2.19. The maximum Gasteiger partial charge on any atom is 0.227 e. The van der Waals surface area contributed by atoms with Crippen molar-refractivity contribution >= 4 is 28.6 Å². The second kappa shape index (κ2) is 8.05. The minimum Gasteiger partial charge on any atom is -0.367 e. The van der Waals surface area contributed by atoms with E-state index >= 15 is 0 Å². The Bertz CT molecular complexity index is 945. The minimum atomic E-state index is -0.672. The number of carbonyl (C=O) groups excluding carboxylic acids is 1. The van der Waals surface area contributed by atoms with Gasteiger partial charge in [-0.05, 0) is 36.4 Å². The lowest BCUT2D eigenvalue weighted by molar-refractivity contribution is -0.116. The highest BCUT2D eigenvalue weighted by Gasteiger charge is 2.21. The van der Waals surface area contributed by atoms with Gasteiger partial charge in [-0.25, -0.2) is 8.78 Å². The molecular weight excluding hydrogens is 386 g/mol. The number of nitrogens with zero attached hydrogens (tertiary/aromatic N) is 3. The van der Waals surface area contributed by atoms with Gasteiger partial charge in [0.2, 0.25) is 17.6 Å². The number of thiophene rings is 1. The molecule has 1 aliphatic rings. The van der Waals surface area contributed by atoms with Crippen molar-refractivity contribution in [2.24, 2.45) is 0 Å². The van der Waals surface area contributed by atoms with Crippen LogP contribution in [0.2, 0.25) is 0 Å². The van der Waals surface area contributed by atoms with Crippen LogP contribution in [0.15, 0.2) is 33.5 Å². The molecular formula is C19H18F2N4O2S. The molecule has 0 radical (unpaired) electrons. The van der Waals surface area contributed by atoms with Gasteiger partial charge in [-0.2, -0.15) is 16.3 Å². The Morgan fingerprint density at radius 3 is 2.68 bits per heavy atom. The lowest BCUT2D eigenvalue weighted by atomic mass is 10.2. The van der Waals surface area contributed by atoms with Crippen LogP contribution in [0.1, 0.15) is 25.2 Å². The molecule has 0 saturated carbocycles. The van der Waals surface area contributed by atoms with Crippen molar-refractivity contribution in [3.63, 3.8) is 0 Å². The predicted molar refractivity (Wildman–Crippen MR) is 102 cm³/mol. The molecule has 0 spiro atoms. The fourth-order valence-electron chi connectivity index (χ4n) is 3.19. The van der Waals surface area contributed by atoms with Crippen LogP contribution in [0.3, 0.4) is 0 Å².